The van der Waals surface area contributed by atoms with Gasteiger partial charge in [0.25, 0.3) is 10.1 Å². The van der Waals surface area contributed by atoms with Crippen molar-refractivity contribution in [2.75, 3.05) is 0 Å². The Morgan fingerprint density at radius 1 is 0.632 bits per heavy atom. The van der Waals surface area contributed by atoms with E-state index in [1.54, 1.807) is 0 Å². The van der Waals surface area contributed by atoms with E-state index in [4.69, 9.17) is 20.4 Å². The number of rotatable bonds is 16. The molecule has 0 radical (unpaired) electrons. The quantitative estimate of drug-likeness (QED) is 0.0495. The second-order valence-corrected chi connectivity index (χ2v) is 8.58. The first-order valence-corrected chi connectivity index (χ1v) is 10.4. The molecule has 0 saturated carbocycles. The molecule has 22 heteroatoms. The molecule has 0 amide bonds. The van der Waals surface area contributed by atoms with Gasteiger partial charge in [0, 0.05) is 0 Å². The molecule has 1 atom stereocenters. The number of esters is 2. The van der Waals surface area contributed by atoms with Gasteiger partial charge in [-0.2, -0.15) is 8.42 Å². The van der Waals surface area contributed by atoms with Crippen molar-refractivity contribution in [3.63, 3.8) is 0 Å². The first-order valence-electron chi connectivity index (χ1n) is 8.92. The maximum atomic E-state index is 12.3. The van der Waals surface area contributed by atoms with Gasteiger partial charge in [-0.05, 0) is 0 Å². The minimum atomic E-state index is -5.78. The summed E-state index contributed by atoms with van der Waals surface area (Å²) in [6.45, 7) is 0. The van der Waals surface area contributed by atoms with Crippen molar-refractivity contribution in [3.05, 3.63) is 0 Å². The number of carboxylic acid groups (broad SMARTS) is 6. The third kappa shape index (κ3) is 12.5. The molecular weight excluding hydrogens is 574 g/mol. The molecule has 0 aromatic heterocycles. The average Bonchev–Trinajstić information content (AvgIpc) is 2.62. The van der Waals surface area contributed by atoms with Crippen molar-refractivity contribution in [1.82, 2.24) is 0 Å². The number of carboxylic acids is 6. The summed E-state index contributed by atoms with van der Waals surface area (Å²) in [6, 6.07) is 0. The Bertz CT molecular complexity index is 1060. The smallest absolute Gasteiger partial charge is 1.00 e. The van der Waals surface area contributed by atoms with Crippen LogP contribution in [0.5, 0.6) is 0 Å². The third-order valence-electron chi connectivity index (χ3n) is 4.11. The van der Waals surface area contributed by atoms with Crippen LogP contribution >= 0.6 is 0 Å². The first kappa shape index (κ1) is 40.2. The van der Waals surface area contributed by atoms with E-state index in [-0.39, 0.29) is 62.0 Å². The van der Waals surface area contributed by atoms with Gasteiger partial charge in [0.2, 0.25) is 11.2 Å². The summed E-state index contributed by atoms with van der Waals surface area (Å²) in [5.74, 6) is -17.3. The minimum Gasteiger partial charge on any atom is -1.00 e. The number of carbonyl (C=O) groups excluding carboxylic acids is 2. The average molecular weight is 594 g/mol. The summed E-state index contributed by atoms with van der Waals surface area (Å²) in [7, 11) is -5.78. The molecule has 0 aliphatic rings. The van der Waals surface area contributed by atoms with Crippen LogP contribution in [0, 0.1) is 0 Å². The van der Waals surface area contributed by atoms with E-state index in [1.807, 2.05) is 0 Å². The fraction of sp³-hybridized carbons (Fsp3) is 0.500. The molecule has 0 rings (SSSR count). The Hall–Kier alpha value is -2.33. The van der Waals surface area contributed by atoms with Gasteiger partial charge in [-0.25, -0.2) is 9.59 Å². The van der Waals surface area contributed by atoms with Crippen LogP contribution in [0.4, 0.5) is 0 Å². The van der Waals surface area contributed by atoms with E-state index in [0.717, 1.165) is 0 Å². The normalized spacial score (nSPS) is 11.9. The maximum absolute atomic E-state index is 12.3. The van der Waals surface area contributed by atoms with Gasteiger partial charge in [-0.3, -0.25) is 33.3 Å². The summed E-state index contributed by atoms with van der Waals surface area (Å²) >= 11 is 0. The van der Waals surface area contributed by atoms with E-state index in [9.17, 15) is 61.5 Å². The fourth-order valence-electron chi connectivity index (χ4n) is 2.62. The molecule has 1 unspecified atom stereocenters. The van der Waals surface area contributed by atoms with Crippen molar-refractivity contribution in [3.8, 4) is 0 Å². The number of hydrogen-bond donors (Lipinski definition) is 7. The molecule has 206 valence electrons. The van der Waals surface area contributed by atoms with Gasteiger partial charge < -0.3 is 43.0 Å². The Morgan fingerprint density at radius 3 is 1.16 bits per heavy atom. The van der Waals surface area contributed by atoms with Crippen molar-refractivity contribution in [2.24, 2.45) is 0 Å². The van der Waals surface area contributed by atoms with Crippen LogP contribution in [-0.2, 0) is 57.9 Å². The Labute approximate surface area is 258 Å². The first-order chi connectivity index (χ1) is 16.2. The molecule has 7 N–H and O–H groups in total. The molecule has 0 spiro atoms. The molecule has 0 bridgehead atoms. The Kier molecular flexibility index (Phi) is 16.8. The van der Waals surface area contributed by atoms with Crippen molar-refractivity contribution in [2.45, 2.75) is 48.6 Å². The van der Waals surface area contributed by atoms with Crippen LogP contribution in [0.1, 0.15) is 35.0 Å². The van der Waals surface area contributed by atoms with Gasteiger partial charge >= 0.3 is 107 Å². The van der Waals surface area contributed by atoms with E-state index < -0.39 is 106 Å². The number of aliphatic carboxylic acids is 6. The summed E-state index contributed by atoms with van der Waals surface area (Å²) in [5, 5.41) is 50.7. The molecule has 0 fully saturated rings. The predicted molar refractivity (Wildman–Crippen MR) is 104 cm³/mol. The van der Waals surface area contributed by atoms with E-state index >= 15 is 0 Å². The number of ether oxygens (including phenoxy) is 2. The summed E-state index contributed by atoms with van der Waals surface area (Å²) < 4.78 is 41.1. The Morgan fingerprint density at radius 2 is 0.921 bits per heavy atom. The topological polar surface area (TPSA) is 331 Å². The number of carbonyl (C=O) groups is 8. The molecule has 0 saturated heterocycles. The van der Waals surface area contributed by atoms with Crippen molar-refractivity contribution < 1.29 is 153 Å². The zero-order valence-corrected chi connectivity index (χ0v) is 24.4. The monoisotopic (exact) mass is 594 g/mol. The molecule has 19 nitrogen and oxygen atoms in total. The summed E-state index contributed by atoms with van der Waals surface area (Å²) in [5.41, 5.74) is -6.78. The maximum Gasteiger partial charge on any atom is 1.00 e. The SMILES string of the molecule is O=C(O)CC(CC(=O)O)(OC(=O)CC(C(=O)OC(CC(=O)O)(CC(=O)O)C(=O)O)S(=O)(=O)O)C(=O)O.[H-].[H-].[Na+].[Na+]. The van der Waals surface area contributed by atoms with Crippen LogP contribution in [0.3, 0.4) is 0 Å². The van der Waals surface area contributed by atoms with Gasteiger partial charge in [0.05, 0.1) is 32.1 Å². The van der Waals surface area contributed by atoms with Crippen molar-refractivity contribution >= 4 is 57.9 Å². The standard InChI is InChI=1S/C16H18O19S.2Na.2H/c17-7(18)2-15(13(27)28,3-8(19)20)34-11(25)1-6(36(31,32)33)12(26)35-16(14(29)30,4-9(21)22)5-10(23)24;;;;/h6H,1-5H2,(H,17,18)(H,19,20)(H,21,22)(H,23,24)(H,27,28)(H,29,30)(H,31,32,33);;;;/q;2*+1;2*-1. The second-order valence-electron chi connectivity index (χ2n) is 6.98. The van der Waals surface area contributed by atoms with Crippen LogP contribution in [0.15, 0.2) is 0 Å². The molecule has 0 aromatic carbocycles. The van der Waals surface area contributed by atoms with Gasteiger partial charge in [-0.1, -0.05) is 0 Å². The fourth-order valence-corrected chi connectivity index (χ4v) is 3.25. The van der Waals surface area contributed by atoms with Crippen LogP contribution in [0.2, 0.25) is 0 Å². The van der Waals surface area contributed by atoms with Crippen LogP contribution < -0.4 is 59.1 Å². The zero-order chi connectivity index (χ0) is 28.6. The molecule has 0 aromatic rings. The molecule has 38 heavy (non-hydrogen) atoms. The van der Waals surface area contributed by atoms with Crippen molar-refractivity contribution in [1.29, 1.82) is 0 Å². The largest absolute Gasteiger partial charge is 1.00 e. The minimum absolute atomic E-state index is 0. The molecule has 0 aliphatic carbocycles. The molecule has 0 aliphatic heterocycles. The summed E-state index contributed by atoms with van der Waals surface area (Å²) in [6.07, 6.45) is -8.73. The van der Waals surface area contributed by atoms with E-state index in [0.29, 0.717) is 0 Å². The van der Waals surface area contributed by atoms with Gasteiger partial charge in [0.15, 0.2) is 5.25 Å². The van der Waals surface area contributed by atoms with Gasteiger partial charge in [-0.15, -0.1) is 0 Å². The second kappa shape index (κ2) is 15.9. The van der Waals surface area contributed by atoms with Crippen LogP contribution in [0.25, 0.3) is 0 Å². The van der Waals surface area contributed by atoms with E-state index in [2.05, 4.69) is 9.47 Å². The van der Waals surface area contributed by atoms with Crippen LogP contribution in [-0.4, -0.2) is 108 Å². The number of hydrogen-bond acceptors (Lipinski definition) is 12. The summed E-state index contributed by atoms with van der Waals surface area (Å²) in [4.78, 5) is 91.4. The predicted octanol–water partition coefficient (Wildman–Crippen LogP) is -8.50. The van der Waals surface area contributed by atoms with E-state index in [1.165, 1.54) is 0 Å². The Balaban J connectivity index is -0.00000102. The third-order valence-corrected chi connectivity index (χ3v) is 5.18. The zero-order valence-electron chi connectivity index (χ0n) is 21.6. The molecule has 0 heterocycles. The van der Waals surface area contributed by atoms with Gasteiger partial charge in [0.1, 0.15) is 0 Å². The molecular formula is C16H20Na2O19S.